The standard InChI is InChI=1S/C16H28N2O3/c19-15-17-11-7-3-1-5-9-13-21-14-10-6-2-4-8-12-18-16-20/h1-14H2. The van der Waals surface area contributed by atoms with Crippen molar-refractivity contribution < 1.29 is 14.3 Å². The molecule has 5 nitrogen and oxygen atoms in total. The second-order valence-electron chi connectivity index (χ2n) is 5.09. The van der Waals surface area contributed by atoms with Gasteiger partial charge in [-0.1, -0.05) is 38.5 Å². The van der Waals surface area contributed by atoms with Crippen molar-refractivity contribution in [2.24, 2.45) is 9.98 Å². The van der Waals surface area contributed by atoms with Crippen molar-refractivity contribution in [2.45, 2.75) is 64.2 Å². The number of isocyanates is 2. The molecule has 0 aliphatic carbocycles. The number of ether oxygens (including phenoxy) is 1. The molecule has 0 amide bonds. The van der Waals surface area contributed by atoms with E-state index in [1.807, 2.05) is 0 Å². The van der Waals surface area contributed by atoms with Crippen molar-refractivity contribution in [3.05, 3.63) is 0 Å². The molecular formula is C16H28N2O3. The molecule has 0 aromatic carbocycles. The Bertz CT molecular complexity index is 279. The number of hydrogen-bond acceptors (Lipinski definition) is 5. The average Bonchev–Trinajstić information content (AvgIpc) is 2.50. The summed E-state index contributed by atoms with van der Waals surface area (Å²) in [6, 6.07) is 0. The van der Waals surface area contributed by atoms with E-state index >= 15 is 0 Å². The Labute approximate surface area is 127 Å². The highest BCUT2D eigenvalue weighted by atomic mass is 16.5. The van der Waals surface area contributed by atoms with Crippen molar-refractivity contribution in [2.75, 3.05) is 26.3 Å². The van der Waals surface area contributed by atoms with Crippen molar-refractivity contribution in [1.29, 1.82) is 0 Å². The molecule has 0 fully saturated rings. The molecule has 0 aliphatic rings. The van der Waals surface area contributed by atoms with Crippen molar-refractivity contribution in [3.8, 4) is 0 Å². The molecule has 0 bridgehead atoms. The molecule has 0 aromatic rings. The summed E-state index contributed by atoms with van der Waals surface area (Å²) in [6.45, 7) is 2.92. The van der Waals surface area contributed by atoms with Gasteiger partial charge in [0.25, 0.3) is 0 Å². The molecule has 0 N–H and O–H groups in total. The Morgan fingerprint density at radius 3 is 1.38 bits per heavy atom. The Morgan fingerprint density at radius 2 is 0.952 bits per heavy atom. The van der Waals surface area contributed by atoms with E-state index in [-0.39, 0.29) is 0 Å². The zero-order valence-electron chi connectivity index (χ0n) is 13.0. The molecule has 0 rings (SSSR count). The van der Waals surface area contributed by atoms with Crippen LogP contribution in [0, 0.1) is 0 Å². The first-order valence-electron chi connectivity index (χ1n) is 8.07. The molecule has 0 aliphatic heterocycles. The second kappa shape index (κ2) is 18.7. The minimum Gasteiger partial charge on any atom is -0.381 e. The van der Waals surface area contributed by atoms with E-state index in [2.05, 4.69) is 9.98 Å². The third-order valence-corrected chi connectivity index (χ3v) is 3.25. The van der Waals surface area contributed by atoms with Crippen LogP contribution in [-0.4, -0.2) is 38.5 Å². The maximum absolute atomic E-state index is 9.84. The van der Waals surface area contributed by atoms with Crippen LogP contribution >= 0.6 is 0 Å². The van der Waals surface area contributed by atoms with Crippen molar-refractivity contribution in [1.82, 2.24) is 0 Å². The lowest BCUT2D eigenvalue weighted by Gasteiger charge is -2.04. The van der Waals surface area contributed by atoms with Gasteiger partial charge in [-0.3, -0.25) is 0 Å². The van der Waals surface area contributed by atoms with Gasteiger partial charge < -0.3 is 4.74 Å². The van der Waals surface area contributed by atoms with Gasteiger partial charge in [0.05, 0.1) is 13.1 Å². The SMILES string of the molecule is O=C=NCCCCCCCOCCCCCCCN=C=O. The second-order valence-corrected chi connectivity index (χ2v) is 5.09. The summed E-state index contributed by atoms with van der Waals surface area (Å²) in [7, 11) is 0. The Balaban J connectivity index is 2.99. The summed E-state index contributed by atoms with van der Waals surface area (Å²) in [5, 5.41) is 0. The van der Waals surface area contributed by atoms with E-state index in [4.69, 9.17) is 4.74 Å². The van der Waals surface area contributed by atoms with Gasteiger partial charge in [0.2, 0.25) is 12.2 Å². The van der Waals surface area contributed by atoms with E-state index < -0.39 is 0 Å². The highest BCUT2D eigenvalue weighted by Gasteiger charge is 1.93. The van der Waals surface area contributed by atoms with Crippen LogP contribution in [0.5, 0.6) is 0 Å². The lowest BCUT2D eigenvalue weighted by Crippen LogP contribution is -1.97. The third kappa shape index (κ3) is 18.7. The molecule has 0 spiro atoms. The smallest absolute Gasteiger partial charge is 0.234 e. The highest BCUT2D eigenvalue weighted by Crippen LogP contribution is 2.05. The Kier molecular flexibility index (Phi) is 17.6. The van der Waals surface area contributed by atoms with Gasteiger partial charge in [0.1, 0.15) is 0 Å². The quantitative estimate of drug-likeness (QED) is 0.248. The van der Waals surface area contributed by atoms with Gasteiger partial charge in [-0.05, 0) is 25.7 Å². The molecule has 5 heteroatoms. The van der Waals surface area contributed by atoms with E-state index in [0.717, 1.165) is 51.7 Å². The zero-order valence-corrected chi connectivity index (χ0v) is 13.0. The van der Waals surface area contributed by atoms with Gasteiger partial charge in [0, 0.05) is 13.2 Å². The summed E-state index contributed by atoms with van der Waals surface area (Å²) < 4.78 is 5.58. The maximum atomic E-state index is 9.84. The lowest BCUT2D eigenvalue weighted by molar-refractivity contribution is 0.125. The zero-order chi connectivity index (χ0) is 15.4. The van der Waals surface area contributed by atoms with Crippen molar-refractivity contribution >= 4 is 12.2 Å². The first-order chi connectivity index (χ1) is 10.4. The fourth-order valence-corrected chi connectivity index (χ4v) is 2.04. The molecule has 0 heterocycles. The van der Waals surface area contributed by atoms with Gasteiger partial charge in [-0.25, -0.2) is 19.6 Å². The molecule has 0 unspecified atom stereocenters. The van der Waals surface area contributed by atoms with Gasteiger partial charge in [-0.2, -0.15) is 0 Å². The molecular weight excluding hydrogens is 268 g/mol. The van der Waals surface area contributed by atoms with E-state index in [0.29, 0.717) is 13.1 Å². The minimum atomic E-state index is 0.613. The van der Waals surface area contributed by atoms with Crippen LogP contribution in [0.2, 0.25) is 0 Å². The molecule has 0 radical (unpaired) electrons. The van der Waals surface area contributed by atoms with E-state index in [1.54, 1.807) is 12.2 Å². The van der Waals surface area contributed by atoms with Gasteiger partial charge in [0.15, 0.2) is 0 Å². The number of hydrogen-bond donors (Lipinski definition) is 0. The minimum absolute atomic E-state index is 0.613. The molecule has 0 saturated carbocycles. The summed E-state index contributed by atoms with van der Waals surface area (Å²) >= 11 is 0. The monoisotopic (exact) mass is 296 g/mol. The van der Waals surface area contributed by atoms with Crippen LogP contribution in [0.15, 0.2) is 9.98 Å². The Hall–Kier alpha value is -1.28. The number of aliphatic imine (C=N–C) groups is 2. The summed E-state index contributed by atoms with van der Waals surface area (Å²) in [6.07, 6.45) is 14.3. The lowest BCUT2D eigenvalue weighted by atomic mass is 10.1. The largest absolute Gasteiger partial charge is 0.381 e. The number of unbranched alkanes of at least 4 members (excludes halogenated alkanes) is 8. The fraction of sp³-hybridized carbons (Fsp3) is 0.875. The number of carbonyl (C=O) groups excluding carboxylic acids is 2. The molecule has 0 aromatic heterocycles. The third-order valence-electron chi connectivity index (χ3n) is 3.25. The Morgan fingerprint density at radius 1 is 0.571 bits per heavy atom. The topological polar surface area (TPSA) is 68.1 Å². The molecule has 0 atom stereocenters. The normalized spacial score (nSPS) is 9.90. The number of rotatable bonds is 16. The van der Waals surface area contributed by atoms with Crippen LogP contribution in [0.25, 0.3) is 0 Å². The number of nitrogens with zero attached hydrogens (tertiary/aromatic N) is 2. The first kappa shape index (κ1) is 19.7. The van der Waals surface area contributed by atoms with Gasteiger partial charge in [-0.15, -0.1) is 0 Å². The first-order valence-corrected chi connectivity index (χ1v) is 8.07. The van der Waals surface area contributed by atoms with Crippen molar-refractivity contribution in [3.63, 3.8) is 0 Å². The maximum Gasteiger partial charge on any atom is 0.234 e. The van der Waals surface area contributed by atoms with E-state index in [9.17, 15) is 9.59 Å². The van der Waals surface area contributed by atoms with Crippen LogP contribution in [-0.2, 0) is 14.3 Å². The van der Waals surface area contributed by atoms with Crippen LogP contribution in [0.3, 0.4) is 0 Å². The summed E-state index contributed by atoms with van der Waals surface area (Å²) in [5.74, 6) is 0. The fourth-order valence-electron chi connectivity index (χ4n) is 2.04. The molecule has 21 heavy (non-hydrogen) atoms. The highest BCUT2D eigenvalue weighted by molar-refractivity contribution is 5.32. The van der Waals surface area contributed by atoms with Crippen LogP contribution < -0.4 is 0 Å². The summed E-state index contributed by atoms with van der Waals surface area (Å²) in [4.78, 5) is 26.7. The van der Waals surface area contributed by atoms with Crippen LogP contribution in [0.4, 0.5) is 0 Å². The molecule has 0 saturated heterocycles. The predicted octanol–water partition coefficient (Wildman–Crippen LogP) is 3.58. The summed E-state index contributed by atoms with van der Waals surface area (Å²) in [5.41, 5.74) is 0. The average molecular weight is 296 g/mol. The predicted molar refractivity (Wildman–Crippen MR) is 83.0 cm³/mol. The van der Waals surface area contributed by atoms with Crippen LogP contribution in [0.1, 0.15) is 64.2 Å². The van der Waals surface area contributed by atoms with Gasteiger partial charge >= 0.3 is 0 Å². The van der Waals surface area contributed by atoms with E-state index in [1.165, 1.54) is 25.7 Å². The molecule has 120 valence electrons.